The minimum absolute atomic E-state index is 0.107. The molecular weight excluding hydrogens is 232 g/mol. The molecule has 0 saturated carbocycles. The fourth-order valence-electron chi connectivity index (χ4n) is 1.65. The summed E-state index contributed by atoms with van der Waals surface area (Å²) in [6.45, 7) is 6.71. The van der Waals surface area contributed by atoms with Crippen molar-refractivity contribution in [3.05, 3.63) is 29.3 Å². The van der Waals surface area contributed by atoms with E-state index in [2.05, 4.69) is 5.32 Å². The second kappa shape index (κ2) is 6.05. The summed E-state index contributed by atoms with van der Waals surface area (Å²) in [4.78, 5) is 24.5. The smallest absolute Gasteiger partial charge is 0.337 e. The number of hydrogen-bond acceptors (Lipinski definition) is 2. The molecule has 0 saturated heterocycles. The van der Waals surface area contributed by atoms with Crippen molar-refractivity contribution in [1.82, 2.24) is 4.90 Å². The van der Waals surface area contributed by atoms with Gasteiger partial charge in [0.15, 0.2) is 0 Å². The molecule has 98 valence electrons. The lowest BCUT2D eigenvalue weighted by Crippen LogP contribution is -2.34. The van der Waals surface area contributed by atoms with Gasteiger partial charge in [0.1, 0.15) is 0 Å². The van der Waals surface area contributed by atoms with Crippen LogP contribution < -0.4 is 5.32 Å². The molecule has 0 spiro atoms. The van der Waals surface area contributed by atoms with Crippen LogP contribution in [-0.4, -0.2) is 35.1 Å². The Morgan fingerprint density at radius 1 is 1.28 bits per heavy atom. The summed E-state index contributed by atoms with van der Waals surface area (Å²) in [5.41, 5.74) is 1.27. The van der Waals surface area contributed by atoms with Gasteiger partial charge in [-0.3, -0.25) is 0 Å². The van der Waals surface area contributed by atoms with Crippen molar-refractivity contribution >= 4 is 17.7 Å². The van der Waals surface area contributed by atoms with Crippen LogP contribution in [0.25, 0.3) is 0 Å². The second-order valence-corrected chi connectivity index (χ2v) is 3.96. The van der Waals surface area contributed by atoms with Crippen LogP contribution in [0.2, 0.25) is 0 Å². The third-order valence-electron chi connectivity index (χ3n) is 2.70. The Bertz CT molecular complexity index is 454. The van der Waals surface area contributed by atoms with Crippen LogP contribution in [0.1, 0.15) is 29.8 Å². The fraction of sp³-hybridized carbons (Fsp3) is 0.385. The average Bonchev–Trinajstić information content (AvgIpc) is 2.32. The van der Waals surface area contributed by atoms with Gasteiger partial charge < -0.3 is 15.3 Å². The minimum Gasteiger partial charge on any atom is -0.478 e. The van der Waals surface area contributed by atoms with E-state index in [-0.39, 0.29) is 11.6 Å². The molecule has 5 nitrogen and oxygen atoms in total. The Morgan fingerprint density at radius 3 is 2.39 bits per heavy atom. The molecule has 0 aliphatic rings. The summed E-state index contributed by atoms with van der Waals surface area (Å²) in [7, 11) is 0. The maximum atomic E-state index is 11.9. The minimum atomic E-state index is -1.05. The molecule has 1 aromatic rings. The number of carboxylic acids is 1. The van der Waals surface area contributed by atoms with Gasteiger partial charge in [-0.15, -0.1) is 0 Å². The van der Waals surface area contributed by atoms with Crippen molar-refractivity contribution in [2.45, 2.75) is 20.8 Å². The number of amides is 2. The van der Waals surface area contributed by atoms with Gasteiger partial charge in [0.05, 0.1) is 11.3 Å². The fourth-order valence-corrected chi connectivity index (χ4v) is 1.65. The van der Waals surface area contributed by atoms with Gasteiger partial charge in [0.25, 0.3) is 0 Å². The Kier molecular flexibility index (Phi) is 4.71. The molecule has 0 unspecified atom stereocenters. The number of hydrogen-bond donors (Lipinski definition) is 2. The second-order valence-electron chi connectivity index (χ2n) is 3.96. The largest absolute Gasteiger partial charge is 0.478 e. The van der Waals surface area contributed by atoms with Crippen LogP contribution in [-0.2, 0) is 0 Å². The van der Waals surface area contributed by atoms with Gasteiger partial charge >= 0.3 is 12.0 Å². The number of nitrogens with zero attached hydrogens (tertiary/aromatic N) is 1. The number of rotatable bonds is 4. The Hall–Kier alpha value is -2.04. The van der Waals surface area contributed by atoms with Crippen LogP contribution in [0, 0.1) is 6.92 Å². The van der Waals surface area contributed by atoms with Crippen molar-refractivity contribution in [1.29, 1.82) is 0 Å². The van der Waals surface area contributed by atoms with E-state index in [4.69, 9.17) is 5.11 Å². The lowest BCUT2D eigenvalue weighted by Gasteiger charge is -2.20. The molecule has 0 radical (unpaired) electrons. The highest BCUT2D eigenvalue weighted by Crippen LogP contribution is 2.18. The highest BCUT2D eigenvalue weighted by Gasteiger charge is 2.15. The van der Waals surface area contributed by atoms with Crippen LogP contribution >= 0.6 is 0 Å². The van der Waals surface area contributed by atoms with Crippen LogP contribution in [0.15, 0.2) is 18.2 Å². The van der Waals surface area contributed by atoms with Gasteiger partial charge in [-0.1, -0.05) is 11.6 Å². The average molecular weight is 250 g/mol. The summed E-state index contributed by atoms with van der Waals surface area (Å²) < 4.78 is 0. The van der Waals surface area contributed by atoms with E-state index in [0.29, 0.717) is 18.8 Å². The van der Waals surface area contributed by atoms with E-state index >= 15 is 0 Å². The zero-order valence-corrected chi connectivity index (χ0v) is 10.9. The molecule has 0 bridgehead atoms. The molecular formula is C13H18N2O3. The third-order valence-corrected chi connectivity index (χ3v) is 2.70. The number of anilines is 1. The standard InChI is InChI=1S/C13H18N2O3/c1-4-15(5-2)13(18)14-11-7-6-9(3)8-10(11)12(16)17/h6-8H,4-5H2,1-3H3,(H,14,18)(H,16,17). The number of carboxylic acid groups (broad SMARTS) is 1. The van der Waals surface area contributed by atoms with Crippen LogP contribution in [0.5, 0.6) is 0 Å². The van der Waals surface area contributed by atoms with Gasteiger partial charge in [0, 0.05) is 13.1 Å². The van der Waals surface area contributed by atoms with Crippen molar-refractivity contribution in [2.24, 2.45) is 0 Å². The number of urea groups is 1. The van der Waals surface area contributed by atoms with Gasteiger partial charge in [0.2, 0.25) is 0 Å². The van der Waals surface area contributed by atoms with Gasteiger partial charge in [-0.05, 0) is 32.9 Å². The van der Waals surface area contributed by atoms with Crippen molar-refractivity contribution in [3.8, 4) is 0 Å². The number of carbonyl (C=O) groups excluding carboxylic acids is 1. The first-order valence-corrected chi connectivity index (χ1v) is 5.89. The molecule has 0 aromatic heterocycles. The number of aromatic carboxylic acids is 1. The predicted molar refractivity (Wildman–Crippen MR) is 70.1 cm³/mol. The number of benzene rings is 1. The first-order valence-electron chi connectivity index (χ1n) is 5.89. The molecule has 18 heavy (non-hydrogen) atoms. The molecule has 1 aromatic carbocycles. The lowest BCUT2D eigenvalue weighted by atomic mass is 10.1. The molecule has 1 rings (SSSR count). The molecule has 0 aliphatic carbocycles. The number of aryl methyl sites for hydroxylation is 1. The van der Waals surface area contributed by atoms with Crippen molar-refractivity contribution < 1.29 is 14.7 Å². The van der Waals surface area contributed by atoms with E-state index in [1.54, 1.807) is 23.1 Å². The molecule has 0 heterocycles. The molecule has 2 amide bonds. The Balaban J connectivity index is 2.97. The summed E-state index contributed by atoms with van der Waals surface area (Å²) in [5, 5.41) is 11.7. The highest BCUT2D eigenvalue weighted by atomic mass is 16.4. The normalized spacial score (nSPS) is 9.94. The van der Waals surface area contributed by atoms with Crippen LogP contribution in [0.3, 0.4) is 0 Å². The molecule has 2 N–H and O–H groups in total. The highest BCUT2D eigenvalue weighted by molar-refractivity contribution is 6.00. The topological polar surface area (TPSA) is 69.6 Å². The van der Waals surface area contributed by atoms with Crippen molar-refractivity contribution in [2.75, 3.05) is 18.4 Å². The van der Waals surface area contributed by atoms with E-state index in [1.807, 2.05) is 20.8 Å². The van der Waals surface area contributed by atoms with E-state index < -0.39 is 5.97 Å². The zero-order valence-electron chi connectivity index (χ0n) is 10.9. The first-order chi connectivity index (χ1) is 8.49. The van der Waals surface area contributed by atoms with E-state index in [0.717, 1.165) is 5.56 Å². The Morgan fingerprint density at radius 2 is 1.89 bits per heavy atom. The molecule has 0 fully saturated rings. The maximum Gasteiger partial charge on any atom is 0.337 e. The van der Waals surface area contributed by atoms with Crippen molar-refractivity contribution in [3.63, 3.8) is 0 Å². The van der Waals surface area contributed by atoms with Gasteiger partial charge in [-0.2, -0.15) is 0 Å². The summed E-state index contributed by atoms with van der Waals surface area (Å²) in [6.07, 6.45) is 0. The lowest BCUT2D eigenvalue weighted by molar-refractivity contribution is 0.0698. The third kappa shape index (κ3) is 3.23. The monoisotopic (exact) mass is 250 g/mol. The van der Waals surface area contributed by atoms with E-state index in [9.17, 15) is 9.59 Å². The quantitative estimate of drug-likeness (QED) is 0.862. The molecule has 0 atom stereocenters. The first kappa shape index (κ1) is 14.0. The molecule has 0 aliphatic heterocycles. The summed E-state index contributed by atoms with van der Waals surface area (Å²) in [5.74, 6) is -1.05. The van der Waals surface area contributed by atoms with Crippen LogP contribution in [0.4, 0.5) is 10.5 Å². The van der Waals surface area contributed by atoms with E-state index in [1.165, 1.54) is 0 Å². The number of nitrogens with one attached hydrogen (secondary N) is 1. The zero-order chi connectivity index (χ0) is 13.7. The SMILES string of the molecule is CCN(CC)C(=O)Nc1ccc(C)cc1C(=O)O. The number of carbonyl (C=O) groups is 2. The predicted octanol–water partition coefficient (Wildman–Crippen LogP) is 2.57. The maximum absolute atomic E-state index is 11.9. The molecule has 5 heteroatoms. The summed E-state index contributed by atoms with van der Waals surface area (Å²) in [6, 6.07) is 4.64. The Labute approximate surface area is 106 Å². The summed E-state index contributed by atoms with van der Waals surface area (Å²) >= 11 is 0. The van der Waals surface area contributed by atoms with Gasteiger partial charge in [-0.25, -0.2) is 9.59 Å².